The van der Waals surface area contributed by atoms with E-state index < -0.39 is 0 Å². The molecule has 0 aliphatic rings. The van der Waals surface area contributed by atoms with Crippen molar-refractivity contribution in [3.63, 3.8) is 0 Å². The Labute approximate surface area is 132 Å². The normalized spacial score (nSPS) is 12.4. The highest BCUT2D eigenvalue weighted by Gasteiger charge is 2.12. The number of rotatable bonds is 5. The second-order valence-electron chi connectivity index (χ2n) is 4.26. The van der Waals surface area contributed by atoms with E-state index in [-0.39, 0.29) is 11.9 Å². The molecule has 106 valence electrons. The van der Waals surface area contributed by atoms with Gasteiger partial charge < -0.3 is 5.32 Å². The highest BCUT2D eigenvalue weighted by molar-refractivity contribution is 7.99. The van der Waals surface area contributed by atoms with Gasteiger partial charge >= 0.3 is 0 Å². The number of hydrogen-bond donors (Lipinski definition) is 1. The Balaban J connectivity index is 2.09. The van der Waals surface area contributed by atoms with Gasteiger partial charge in [-0.2, -0.15) is 0 Å². The molecule has 1 nitrogen and oxygen atoms in total. The molecule has 2 aromatic carbocycles. The molecule has 20 heavy (non-hydrogen) atoms. The topological polar surface area (TPSA) is 12.0 Å². The molecule has 0 saturated heterocycles. The highest BCUT2D eigenvalue weighted by atomic mass is 35.5. The van der Waals surface area contributed by atoms with Crippen LogP contribution >= 0.6 is 35.0 Å². The maximum absolute atomic E-state index is 13.6. The molecule has 0 radical (unpaired) electrons. The summed E-state index contributed by atoms with van der Waals surface area (Å²) >= 11 is 13.4. The molecule has 1 unspecified atom stereocenters. The third-order valence-corrected chi connectivity index (χ3v) is 4.82. The maximum Gasteiger partial charge on any atom is 0.136 e. The molecule has 2 aromatic rings. The summed E-state index contributed by atoms with van der Waals surface area (Å²) in [6.07, 6.45) is 0. The van der Waals surface area contributed by atoms with Crippen LogP contribution in [0.15, 0.2) is 47.4 Å². The molecule has 0 amide bonds. The largest absolute Gasteiger partial charge is 0.312 e. The molecule has 2 rings (SSSR count). The van der Waals surface area contributed by atoms with E-state index >= 15 is 0 Å². The van der Waals surface area contributed by atoms with Crippen molar-refractivity contribution in [1.29, 1.82) is 0 Å². The van der Waals surface area contributed by atoms with Gasteiger partial charge in [-0.25, -0.2) is 4.39 Å². The molecule has 0 bridgehead atoms. The van der Waals surface area contributed by atoms with E-state index in [0.29, 0.717) is 20.7 Å². The molecule has 0 spiro atoms. The van der Waals surface area contributed by atoms with Crippen LogP contribution < -0.4 is 5.32 Å². The lowest BCUT2D eigenvalue weighted by atomic mass is 10.1. The molecule has 0 aliphatic carbocycles. The zero-order chi connectivity index (χ0) is 14.5. The van der Waals surface area contributed by atoms with E-state index in [2.05, 4.69) is 5.32 Å². The Kier molecular flexibility index (Phi) is 5.73. The Morgan fingerprint density at radius 1 is 1.15 bits per heavy atom. The Bertz CT molecular complexity index is 592. The number of nitrogens with one attached hydrogen (secondary N) is 1. The van der Waals surface area contributed by atoms with E-state index in [0.717, 1.165) is 5.56 Å². The molecular weight excluding hydrogens is 316 g/mol. The molecular formula is C15H14Cl2FNS. The Hall–Kier alpha value is -0.740. The standard InChI is InChI=1S/C15H14Cl2FNS/c1-19-14(10-6-7-11(16)12(17)8-10)9-20-15-5-3-2-4-13(15)18/h2-8,14,19H,9H2,1H3. The third kappa shape index (κ3) is 3.89. The highest BCUT2D eigenvalue weighted by Crippen LogP contribution is 2.30. The van der Waals surface area contributed by atoms with Crippen molar-refractivity contribution in [2.45, 2.75) is 10.9 Å². The minimum Gasteiger partial charge on any atom is -0.312 e. The minimum absolute atomic E-state index is 0.0781. The van der Waals surface area contributed by atoms with Crippen LogP contribution in [0.2, 0.25) is 10.0 Å². The van der Waals surface area contributed by atoms with Crippen LogP contribution in [0, 0.1) is 5.82 Å². The van der Waals surface area contributed by atoms with E-state index in [1.165, 1.54) is 17.8 Å². The molecule has 0 heterocycles. The number of benzene rings is 2. The Morgan fingerprint density at radius 3 is 2.55 bits per heavy atom. The summed E-state index contributed by atoms with van der Waals surface area (Å²) in [5.41, 5.74) is 1.03. The van der Waals surface area contributed by atoms with E-state index in [9.17, 15) is 4.39 Å². The summed E-state index contributed by atoms with van der Waals surface area (Å²) in [5, 5.41) is 4.27. The zero-order valence-corrected chi connectivity index (χ0v) is 13.2. The van der Waals surface area contributed by atoms with Gasteiger partial charge in [0.2, 0.25) is 0 Å². The van der Waals surface area contributed by atoms with Crippen molar-refractivity contribution in [3.8, 4) is 0 Å². The summed E-state index contributed by atoms with van der Waals surface area (Å²) in [5.74, 6) is 0.511. The predicted molar refractivity (Wildman–Crippen MR) is 85.4 cm³/mol. The maximum atomic E-state index is 13.6. The average molecular weight is 330 g/mol. The SMILES string of the molecule is CNC(CSc1ccccc1F)c1ccc(Cl)c(Cl)c1. The smallest absolute Gasteiger partial charge is 0.136 e. The lowest BCUT2D eigenvalue weighted by Crippen LogP contribution is -2.18. The van der Waals surface area contributed by atoms with Gasteiger partial charge in [-0.15, -0.1) is 11.8 Å². The van der Waals surface area contributed by atoms with Crippen molar-refractivity contribution in [1.82, 2.24) is 5.32 Å². The summed E-state index contributed by atoms with van der Waals surface area (Å²) in [7, 11) is 1.87. The Morgan fingerprint density at radius 2 is 1.90 bits per heavy atom. The predicted octanol–water partition coefficient (Wildman–Crippen LogP) is 5.19. The van der Waals surface area contributed by atoms with Crippen LogP contribution in [-0.2, 0) is 0 Å². The second-order valence-corrected chi connectivity index (χ2v) is 6.13. The van der Waals surface area contributed by atoms with Gasteiger partial charge in [0.1, 0.15) is 5.82 Å². The molecule has 0 aromatic heterocycles. The van der Waals surface area contributed by atoms with Gasteiger partial charge in [0.05, 0.1) is 10.0 Å². The van der Waals surface area contributed by atoms with Gasteiger partial charge in [0, 0.05) is 16.7 Å². The fraction of sp³-hybridized carbons (Fsp3) is 0.200. The van der Waals surface area contributed by atoms with Crippen molar-refractivity contribution in [2.75, 3.05) is 12.8 Å². The van der Waals surface area contributed by atoms with Crippen molar-refractivity contribution >= 4 is 35.0 Å². The minimum atomic E-state index is -0.193. The van der Waals surface area contributed by atoms with Crippen LogP contribution in [0.4, 0.5) is 4.39 Å². The van der Waals surface area contributed by atoms with Crippen molar-refractivity contribution in [2.24, 2.45) is 0 Å². The number of thioether (sulfide) groups is 1. The average Bonchev–Trinajstić information content (AvgIpc) is 2.45. The summed E-state index contributed by atoms with van der Waals surface area (Å²) < 4.78 is 13.6. The molecule has 1 atom stereocenters. The first kappa shape index (κ1) is 15.6. The molecule has 0 saturated carbocycles. The lowest BCUT2D eigenvalue weighted by Gasteiger charge is -2.17. The number of hydrogen-bond acceptors (Lipinski definition) is 2. The first-order chi connectivity index (χ1) is 9.61. The second kappa shape index (κ2) is 7.32. The lowest BCUT2D eigenvalue weighted by molar-refractivity contribution is 0.601. The first-order valence-corrected chi connectivity index (χ1v) is 7.85. The summed E-state index contributed by atoms with van der Waals surface area (Å²) in [6.45, 7) is 0. The summed E-state index contributed by atoms with van der Waals surface area (Å²) in [4.78, 5) is 0.646. The van der Waals surface area contributed by atoms with Gasteiger partial charge in [0.25, 0.3) is 0 Å². The molecule has 0 aliphatic heterocycles. The molecule has 1 N–H and O–H groups in total. The monoisotopic (exact) mass is 329 g/mol. The van der Waals surface area contributed by atoms with Crippen LogP contribution in [0.25, 0.3) is 0 Å². The van der Waals surface area contributed by atoms with E-state index in [1.54, 1.807) is 18.2 Å². The van der Waals surface area contributed by atoms with E-state index in [1.807, 2.05) is 25.2 Å². The first-order valence-electron chi connectivity index (χ1n) is 6.11. The fourth-order valence-corrected chi connectivity index (χ4v) is 3.20. The third-order valence-electron chi connectivity index (χ3n) is 2.94. The van der Waals surface area contributed by atoms with Gasteiger partial charge in [-0.1, -0.05) is 41.4 Å². The summed E-state index contributed by atoms with van der Waals surface area (Å²) in [6, 6.07) is 12.4. The molecule has 5 heteroatoms. The quantitative estimate of drug-likeness (QED) is 0.758. The van der Waals surface area contributed by atoms with E-state index in [4.69, 9.17) is 23.2 Å². The zero-order valence-electron chi connectivity index (χ0n) is 10.9. The van der Waals surface area contributed by atoms with Crippen molar-refractivity contribution in [3.05, 3.63) is 63.9 Å². The van der Waals surface area contributed by atoms with Gasteiger partial charge in [-0.05, 0) is 36.9 Å². The van der Waals surface area contributed by atoms with Crippen LogP contribution in [0.1, 0.15) is 11.6 Å². The van der Waals surface area contributed by atoms with Crippen LogP contribution in [-0.4, -0.2) is 12.8 Å². The van der Waals surface area contributed by atoms with Crippen molar-refractivity contribution < 1.29 is 4.39 Å². The number of halogens is 3. The van der Waals surface area contributed by atoms with Crippen LogP contribution in [0.5, 0.6) is 0 Å². The van der Waals surface area contributed by atoms with Gasteiger partial charge in [0.15, 0.2) is 0 Å². The molecule has 0 fully saturated rings. The fourth-order valence-electron chi connectivity index (χ4n) is 1.81. The van der Waals surface area contributed by atoms with Gasteiger partial charge in [-0.3, -0.25) is 0 Å². The van der Waals surface area contributed by atoms with Crippen LogP contribution in [0.3, 0.4) is 0 Å².